The fourth-order valence-electron chi connectivity index (χ4n) is 1.59. The second-order valence-electron chi connectivity index (χ2n) is 4.44. The van der Waals surface area contributed by atoms with E-state index < -0.39 is 0 Å². The Balaban J connectivity index is 2.93. The summed E-state index contributed by atoms with van der Waals surface area (Å²) in [6.07, 6.45) is 0.934. The molecule has 18 heavy (non-hydrogen) atoms. The van der Waals surface area contributed by atoms with Gasteiger partial charge in [-0.3, -0.25) is 4.79 Å². The van der Waals surface area contributed by atoms with Crippen LogP contribution in [-0.4, -0.2) is 48.0 Å². The average Bonchev–Trinajstić information content (AvgIpc) is 2.26. The monoisotopic (exact) mass is 251 g/mol. The average molecular weight is 251 g/mol. The van der Waals surface area contributed by atoms with E-state index in [2.05, 4.69) is 16.9 Å². The second-order valence-corrected chi connectivity index (χ2v) is 4.44. The van der Waals surface area contributed by atoms with E-state index in [1.54, 1.807) is 19.0 Å². The van der Waals surface area contributed by atoms with E-state index in [1.807, 2.05) is 17.9 Å². The Hall–Kier alpha value is -1.85. The van der Waals surface area contributed by atoms with Crippen LogP contribution < -0.4 is 10.6 Å². The number of nitrogens with zero attached hydrogens (tertiary/aromatic N) is 4. The van der Waals surface area contributed by atoms with Gasteiger partial charge < -0.3 is 15.5 Å². The summed E-state index contributed by atoms with van der Waals surface area (Å²) in [5.41, 5.74) is 6.44. The minimum Gasteiger partial charge on any atom is -0.368 e. The van der Waals surface area contributed by atoms with Crippen molar-refractivity contribution in [1.29, 1.82) is 0 Å². The van der Waals surface area contributed by atoms with Gasteiger partial charge in [0.2, 0.25) is 11.9 Å². The van der Waals surface area contributed by atoms with Gasteiger partial charge in [0.15, 0.2) is 0 Å². The molecule has 0 fully saturated rings. The first-order valence-electron chi connectivity index (χ1n) is 6.00. The number of aromatic nitrogens is 2. The number of rotatable bonds is 5. The Morgan fingerprint density at radius 3 is 2.56 bits per heavy atom. The van der Waals surface area contributed by atoms with Gasteiger partial charge in [-0.15, -0.1) is 0 Å². The third-order valence-corrected chi connectivity index (χ3v) is 2.50. The SMILES string of the molecule is CCCN(CC(=O)N(C)C)c1cc(C)nc(N)n1. The number of amides is 1. The maximum atomic E-state index is 11.8. The van der Waals surface area contributed by atoms with Crippen molar-refractivity contribution in [2.75, 3.05) is 37.8 Å². The first-order valence-corrected chi connectivity index (χ1v) is 6.00. The number of nitrogens with two attached hydrogens (primary N) is 1. The van der Waals surface area contributed by atoms with E-state index in [0.29, 0.717) is 12.4 Å². The Morgan fingerprint density at radius 1 is 1.39 bits per heavy atom. The van der Waals surface area contributed by atoms with Crippen molar-refractivity contribution in [2.24, 2.45) is 0 Å². The van der Waals surface area contributed by atoms with E-state index in [0.717, 1.165) is 18.7 Å². The number of carbonyl (C=O) groups excluding carboxylic acids is 1. The molecule has 1 aromatic rings. The number of likely N-dealkylation sites (N-methyl/N-ethyl adjacent to an activating group) is 1. The molecule has 0 atom stereocenters. The number of hydrogen-bond donors (Lipinski definition) is 1. The molecule has 1 amide bonds. The smallest absolute Gasteiger partial charge is 0.241 e. The third kappa shape index (κ3) is 3.87. The van der Waals surface area contributed by atoms with Crippen molar-refractivity contribution in [3.63, 3.8) is 0 Å². The van der Waals surface area contributed by atoms with Crippen LogP contribution in [0.1, 0.15) is 19.0 Å². The molecule has 1 aromatic heterocycles. The molecule has 6 heteroatoms. The molecule has 0 unspecified atom stereocenters. The molecule has 1 heterocycles. The summed E-state index contributed by atoms with van der Waals surface area (Å²) in [4.78, 5) is 23.5. The van der Waals surface area contributed by atoms with Gasteiger partial charge in [-0.05, 0) is 13.3 Å². The van der Waals surface area contributed by atoms with E-state index in [1.165, 1.54) is 0 Å². The lowest BCUT2D eigenvalue weighted by molar-refractivity contribution is -0.127. The third-order valence-electron chi connectivity index (χ3n) is 2.50. The van der Waals surface area contributed by atoms with Crippen LogP contribution in [0.3, 0.4) is 0 Å². The van der Waals surface area contributed by atoms with Gasteiger partial charge in [-0.25, -0.2) is 4.98 Å². The highest BCUT2D eigenvalue weighted by Crippen LogP contribution is 2.14. The largest absolute Gasteiger partial charge is 0.368 e. The summed E-state index contributed by atoms with van der Waals surface area (Å²) < 4.78 is 0. The van der Waals surface area contributed by atoms with Crippen molar-refractivity contribution in [1.82, 2.24) is 14.9 Å². The molecule has 0 radical (unpaired) electrons. The summed E-state index contributed by atoms with van der Waals surface area (Å²) in [7, 11) is 3.48. The molecule has 100 valence electrons. The predicted molar refractivity (Wildman–Crippen MR) is 72.4 cm³/mol. The molecule has 0 aliphatic heterocycles. The first kappa shape index (κ1) is 14.2. The Morgan fingerprint density at radius 2 is 2.06 bits per heavy atom. The van der Waals surface area contributed by atoms with Crippen LogP contribution in [0.4, 0.5) is 11.8 Å². The Labute approximate surface area is 108 Å². The Bertz CT molecular complexity index is 399. The number of aryl methyl sites for hydroxylation is 1. The van der Waals surface area contributed by atoms with Crippen LogP contribution in [0.15, 0.2) is 6.07 Å². The summed E-state index contributed by atoms with van der Waals surface area (Å²) in [6, 6.07) is 1.84. The fraction of sp³-hybridized carbons (Fsp3) is 0.583. The highest BCUT2D eigenvalue weighted by atomic mass is 16.2. The van der Waals surface area contributed by atoms with Gasteiger partial charge >= 0.3 is 0 Å². The van der Waals surface area contributed by atoms with Crippen LogP contribution >= 0.6 is 0 Å². The van der Waals surface area contributed by atoms with Gasteiger partial charge in [-0.2, -0.15) is 4.98 Å². The van der Waals surface area contributed by atoms with Crippen molar-refractivity contribution >= 4 is 17.7 Å². The molecular formula is C12H21N5O. The number of nitrogen functional groups attached to an aromatic ring is 1. The molecule has 2 N–H and O–H groups in total. The maximum Gasteiger partial charge on any atom is 0.241 e. The van der Waals surface area contributed by atoms with Crippen molar-refractivity contribution < 1.29 is 4.79 Å². The molecular weight excluding hydrogens is 230 g/mol. The number of anilines is 2. The van der Waals surface area contributed by atoms with Crippen molar-refractivity contribution in [3.8, 4) is 0 Å². The predicted octanol–water partition coefficient (Wildman–Crippen LogP) is 0.672. The van der Waals surface area contributed by atoms with Crippen LogP contribution in [0.2, 0.25) is 0 Å². The normalized spacial score (nSPS) is 10.2. The lowest BCUT2D eigenvalue weighted by Gasteiger charge is -2.24. The zero-order valence-electron chi connectivity index (χ0n) is 11.5. The highest BCUT2D eigenvalue weighted by Gasteiger charge is 2.14. The fourth-order valence-corrected chi connectivity index (χ4v) is 1.59. The van der Waals surface area contributed by atoms with Crippen molar-refractivity contribution in [2.45, 2.75) is 20.3 Å². The summed E-state index contributed by atoms with van der Waals surface area (Å²) >= 11 is 0. The molecule has 0 saturated heterocycles. The molecule has 0 spiro atoms. The molecule has 0 aliphatic carbocycles. The summed E-state index contributed by atoms with van der Waals surface area (Å²) in [5, 5.41) is 0. The van der Waals surface area contributed by atoms with Crippen molar-refractivity contribution in [3.05, 3.63) is 11.8 Å². The zero-order valence-corrected chi connectivity index (χ0v) is 11.5. The number of carbonyl (C=O) groups is 1. The van der Waals surface area contributed by atoms with E-state index in [-0.39, 0.29) is 11.9 Å². The van der Waals surface area contributed by atoms with E-state index in [9.17, 15) is 4.79 Å². The van der Waals surface area contributed by atoms with Crippen LogP contribution in [0, 0.1) is 6.92 Å². The lowest BCUT2D eigenvalue weighted by Crippen LogP contribution is -2.37. The van der Waals surface area contributed by atoms with Gasteiger partial charge in [-0.1, -0.05) is 6.92 Å². The van der Waals surface area contributed by atoms with E-state index in [4.69, 9.17) is 5.73 Å². The minimum absolute atomic E-state index is 0.0401. The Kier molecular flexibility index (Phi) is 4.88. The minimum atomic E-state index is 0.0401. The molecule has 1 rings (SSSR count). The van der Waals surface area contributed by atoms with Crippen LogP contribution in [0.5, 0.6) is 0 Å². The van der Waals surface area contributed by atoms with Gasteiger partial charge in [0.1, 0.15) is 5.82 Å². The number of hydrogen-bond acceptors (Lipinski definition) is 5. The first-order chi connectivity index (χ1) is 8.43. The maximum absolute atomic E-state index is 11.8. The lowest BCUT2D eigenvalue weighted by atomic mass is 10.3. The molecule has 0 aliphatic rings. The molecule has 0 aromatic carbocycles. The van der Waals surface area contributed by atoms with Crippen LogP contribution in [0.25, 0.3) is 0 Å². The second kappa shape index (κ2) is 6.18. The standard InChI is InChI=1S/C12H21N5O/c1-5-6-17(8-11(18)16(3)4)10-7-9(2)14-12(13)15-10/h7H,5-6,8H2,1-4H3,(H2,13,14,15). The quantitative estimate of drug-likeness (QED) is 0.832. The topological polar surface area (TPSA) is 75.4 Å². The summed E-state index contributed by atoms with van der Waals surface area (Å²) in [6.45, 7) is 4.98. The van der Waals surface area contributed by atoms with Crippen LogP contribution in [-0.2, 0) is 4.79 Å². The summed E-state index contributed by atoms with van der Waals surface area (Å²) in [5.74, 6) is 0.985. The molecule has 0 saturated carbocycles. The van der Waals surface area contributed by atoms with E-state index >= 15 is 0 Å². The van der Waals surface area contributed by atoms with Gasteiger partial charge in [0.25, 0.3) is 0 Å². The van der Waals surface area contributed by atoms with Gasteiger partial charge in [0, 0.05) is 32.4 Å². The van der Waals surface area contributed by atoms with Gasteiger partial charge in [0.05, 0.1) is 6.54 Å². The molecule has 6 nitrogen and oxygen atoms in total. The highest BCUT2D eigenvalue weighted by molar-refractivity contribution is 5.80. The zero-order chi connectivity index (χ0) is 13.7. The molecule has 0 bridgehead atoms.